The molecule has 0 atom stereocenters. The predicted molar refractivity (Wildman–Crippen MR) is 132 cm³/mol. The maximum Gasteiger partial charge on any atom is 0.280 e. The number of aromatic nitrogens is 1. The Hall–Kier alpha value is -3.76. The molecule has 0 bridgehead atoms. The van der Waals surface area contributed by atoms with Gasteiger partial charge in [-0.15, -0.1) is 0 Å². The molecule has 0 aliphatic rings. The molecule has 192 valence electrons. The first-order valence-corrected chi connectivity index (χ1v) is 11.2. The molecule has 0 radical (unpaired) electrons. The monoisotopic (exact) mass is 499 g/mol. The molecule has 0 unspecified atom stereocenters. The van der Waals surface area contributed by atoms with E-state index in [1.807, 2.05) is 13.8 Å². The summed E-state index contributed by atoms with van der Waals surface area (Å²) in [7, 11) is 3.07. The second kappa shape index (κ2) is 11.3. The molecule has 0 aliphatic carbocycles. The number of hydrogen-bond acceptors (Lipinski definition) is 6. The van der Waals surface area contributed by atoms with Gasteiger partial charge < -0.3 is 19.7 Å². The Morgan fingerprint density at radius 3 is 2.42 bits per heavy atom. The van der Waals surface area contributed by atoms with Crippen molar-refractivity contribution in [1.29, 1.82) is 0 Å². The second-order valence-electron chi connectivity index (χ2n) is 9.11. The minimum absolute atomic E-state index is 0.109. The molecule has 0 saturated carbocycles. The number of primary amides is 1. The average molecular weight is 500 g/mol. The van der Waals surface area contributed by atoms with E-state index >= 15 is 4.39 Å². The van der Waals surface area contributed by atoms with Gasteiger partial charge in [-0.05, 0) is 34.9 Å². The number of hydrogen-bond donors (Lipinski definition) is 2. The molecule has 3 aromatic rings. The molecule has 2 amide bonds. The van der Waals surface area contributed by atoms with E-state index in [1.165, 1.54) is 24.1 Å². The van der Waals surface area contributed by atoms with Gasteiger partial charge in [-0.2, -0.15) is 5.16 Å². The molecule has 3 N–H and O–H groups in total. The third-order valence-corrected chi connectivity index (χ3v) is 5.66. The van der Waals surface area contributed by atoms with E-state index in [9.17, 15) is 14.4 Å². The zero-order valence-electron chi connectivity index (χ0n) is 20.7. The Labute approximate surface area is 208 Å². The predicted octanol–water partition coefficient (Wildman–Crippen LogP) is 3.11. The van der Waals surface area contributed by atoms with E-state index in [0.717, 1.165) is 5.56 Å². The van der Waals surface area contributed by atoms with Gasteiger partial charge in [-0.3, -0.25) is 19.3 Å². The van der Waals surface area contributed by atoms with Gasteiger partial charge in [0.25, 0.3) is 5.56 Å². The van der Waals surface area contributed by atoms with Crippen LogP contribution >= 0.6 is 0 Å². The Balaban J connectivity index is 2.17. The zero-order valence-corrected chi connectivity index (χ0v) is 20.7. The number of ether oxygens (including phenoxy) is 2. The van der Waals surface area contributed by atoms with Crippen LogP contribution in [0.5, 0.6) is 0 Å². The van der Waals surface area contributed by atoms with Crippen molar-refractivity contribution in [2.75, 3.05) is 25.7 Å². The average Bonchev–Trinajstić information content (AvgIpc) is 3.19. The normalized spacial score (nSPS) is 11.5. The maximum absolute atomic E-state index is 15.4. The van der Waals surface area contributed by atoms with Crippen molar-refractivity contribution in [2.45, 2.75) is 38.7 Å². The number of carbonyl (C=O) groups excluding carboxylic acids is 2. The third kappa shape index (κ3) is 6.27. The lowest BCUT2D eigenvalue weighted by Gasteiger charge is -2.28. The maximum atomic E-state index is 15.4. The summed E-state index contributed by atoms with van der Waals surface area (Å²) in [5.74, 6) is -1.52. The zero-order chi connectivity index (χ0) is 26.5. The van der Waals surface area contributed by atoms with Gasteiger partial charge in [0, 0.05) is 25.7 Å². The minimum atomic E-state index is -0.615. The lowest BCUT2D eigenvalue weighted by atomic mass is 9.85. The molecule has 0 saturated heterocycles. The molecular weight excluding hydrogens is 469 g/mol. The van der Waals surface area contributed by atoms with E-state index in [4.69, 9.17) is 19.7 Å². The van der Waals surface area contributed by atoms with Crippen molar-refractivity contribution >= 4 is 23.2 Å². The van der Waals surface area contributed by atoms with Gasteiger partial charge in [0.1, 0.15) is 11.6 Å². The molecule has 0 fully saturated rings. The summed E-state index contributed by atoms with van der Waals surface area (Å²) in [6, 6.07) is 10.8. The van der Waals surface area contributed by atoms with Crippen LogP contribution in [0.1, 0.15) is 36.3 Å². The largest absolute Gasteiger partial charge is 0.384 e. The van der Waals surface area contributed by atoms with Crippen LogP contribution < -0.4 is 16.2 Å². The molecule has 1 aromatic heterocycles. The Kier molecular flexibility index (Phi) is 8.44. The number of amides is 2. The van der Waals surface area contributed by atoms with Gasteiger partial charge >= 0.3 is 0 Å². The molecule has 1 heterocycles. The molecule has 0 spiro atoms. The number of nitrogens with zero attached hydrogens (tertiary/aromatic N) is 1. The highest BCUT2D eigenvalue weighted by Gasteiger charge is 2.28. The highest BCUT2D eigenvalue weighted by Crippen LogP contribution is 2.35. The molecule has 2 aromatic carbocycles. The van der Waals surface area contributed by atoms with E-state index in [-0.39, 0.29) is 30.9 Å². The number of anilines is 2. The van der Waals surface area contributed by atoms with Crippen molar-refractivity contribution < 1.29 is 28.0 Å². The summed E-state index contributed by atoms with van der Waals surface area (Å²) >= 11 is 0. The van der Waals surface area contributed by atoms with Gasteiger partial charge in [0.05, 0.1) is 37.4 Å². The summed E-state index contributed by atoms with van der Waals surface area (Å²) < 4.78 is 30.9. The number of aromatic amines is 1. The van der Waals surface area contributed by atoms with Crippen molar-refractivity contribution in [2.24, 2.45) is 5.73 Å². The van der Waals surface area contributed by atoms with E-state index < -0.39 is 28.6 Å². The Morgan fingerprint density at radius 1 is 1.08 bits per heavy atom. The standard InChI is InChI=1S/C26H30FN3O6/c1-26(2,15-35-4)20-8-7-18(11-21(20)27)30(25(33)13-19-12-24(32)29-36-19)22-9-16(14-34-3)5-6-17(22)10-23(28)31/h5-9,11-12H,10,13-15H2,1-4H3,(H2,28,31)(H,29,32). The molecule has 3 rings (SSSR count). The van der Waals surface area contributed by atoms with Gasteiger partial charge in [-0.25, -0.2) is 4.39 Å². The topological polar surface area (TPSA) is 128 Å². The molecule has 10 heteroatoms. The molecule has 0 aliphatic heterocycles. The van der Waals surface area contributed by atoms with Crippen molar-refractivity contribution in [3.05, 3.63) is 81.1 Å². The number of carbonyl (C=O) groups is 2. The molecular formula is C26H30FN3O6. The number of nitrogens with one attached hydrogen (secondary N) is 1. The first-order valence-electron chi connectivity index (χ1n) is 11.2. The van der Waals surface area contributed by atoms with Crippen LogP contribution in [0.2, 0.25) is 0 Å². The quantitative estimate of drug-likeness (QED) is 0.417. The second-order valence-corrected chi connectivity index (χ2v) is 9.11. The van der Waals surface area contributed by atoms with Crippen LogP contribution in [0.15, 0.2) is 51.8 Å². The van der Waals surface area contributed by atoms with Crippen LogP contribution in [0.4, 0.5) is 15.8 Å². The van der Waals surface area contributed by atoms with Crippen molar-refractivity contribution in [3.8, 4) is 0 Å². The number of methoxy groups -OCH3 is 2. The fourth-order valence-corrected chi connectivity index (χ4v) is 4.10. The number of rotatable bonds is 11. The van der Waals surface area contributed by atoms with Gasteiger partial charge in [0.2, 0.25) is 11.8 Å². The van der Waals surface area contributed by atoms with Crippen LogP contribution in [0, 0.1) is 5.82 Å². The minimum Gasteiger partial charge on any atom is -0.384 e. The third-order valence-electron chi connectivity index (χ3n) is 5.66. The van der Waals surface area contributed by atoms with Gasteiger partial charge in [0.15, 0.2) is 0 Å². The van der Waals surface area contributed by atoms with E-state index in [2.05, 4.69) is 5.16 Å². The van der Waals surface area contributed by atoms with Crippen molar-refractivity contribution in [1.82, 2.24) is 5.16 Å². The summed E-state index contributed by atoms with van der Waals surface area (Å²) in [5.41, 5.74) is 6.54. The number of benzene rings is 2. The highest BCUT2D eigenvalue weighted by molar-refractivity contribution is 6.02. The summed E-state index contributed by atoms with van der Waals surface area (Å²) in [6.07, 6.45) is -0.436. The van der Waals surface area contributed by atoms with Crippen LogP contribution in [0.25, 0.3) is 0 Å². The number of halogens is 1. The van der Waals surface area contributed by atoms with Crippen molar-refractivity contribution in [3.63, 3.8) is 0 Å². The number of H-pyrrole nitrogens is 1. The summed E-state index contributed by atoms with van der Waals surface area (Å²) in [6.45, 7) is 4.24. The van der Waals surface area contributed by atoms with E-state index in [1.54, 1.807) is 37.4 Å². The van der Waals surface area contributed by atoms with Gasteiger partial charge in [-0.1, -0.05) is 32.0 Å². The van der Waals surface area contributed by atoms with Crippen LogP contribution in [-0.2, 0) is 43.9 Å². The first kappa shape index (κ1) is 26.8. The Bertz CT molecular complexity index is 1300. The fraction of sp³-hybridized carbons (Fsp3) is 0.346. The first-order chi connectivity index (χ1) is 17.1. The highest BCUT2D eigenvalue weighted by atomic mass is 19.1. The lowest BCUT2D eigenvalue weighted by Crippen LogP contribution is -2.30. The van der Waals surface area contributed by atoms with Crippen LogP contribution in [-0.4, -0.2) is 37.8 Å². The fourth-order valence-electron chi connectivity index (χ4n) is 4.10. The summed E-state index contributed by atoms with van der Waals surface area (Å²) in [4.78, 5) is 38.2. The number of nitrogens with two attached hydrogens (primary N) is 1. The Morgan fingerprint density at radius 2 is 1.83 bits per heavy atom. The summed E-state index contributed by atoms with van der Waals surface area (Å²) in [5, 5.41) is 2.15. The molecule has 9 nitrogen and oxygen atoms in total. The SMILES string of the molecule is COCc1ccc(CC(N)=O)c(N(C(=O)Cc2cc(=O)[nH]o2)c2ccc(C(C)(C)COC)c(F)c2)c1. The smallest absolute Gasteiger partial charge is 0.280 e. The lowest BCUT2D eigenvalue weighted by molar-refractivity contribution is -0.118. The molecule has 36 heavy (non-hydrogen) atoms. The van der Waals surface area contributed by atoms with Crippen LogP contribution in [0.3, 0.4) is 0 Å². The van der Waals surface area contributed by atoms with E-state index in [0.29, 0.717) is 23.4 Å².